The van der Waals surface area contributed by atoms with Gasteiger partial charge in [-0.3, -0.25) is 19.4 Å². The molecule has 0 spiro atoms. The minimum Gasteiger partial charge on any atom is -0.325 e. The number of amides is 2. The third kappa shape index (κ3) is 6.93. The number of anilines is 2. The van der Waals surface area contributed by atoms with Gasteiger partial charge in [-0.05, 0) is 44.2 Å². The maximum atomic E-state index is 13.0. The number of nitrogens with one attached hydrogen (secondary N) is 2. The van der Waals surface area contributed by atoms with Crippen molar-refractivity contribution in [2.24, 2.45) is 0 Å². The normalized spacial score (nSPS) is 16.3. The fourth-order valence-corrected chi connectivity index (χ4v) is 3.81. The van der Waals surface area contributed by atoms with E-state index >= 15 is 0 Å². The van der Waals surface area contributed by atoms with Gasteiger partial charge in [0.05, 0.1) is 23.2 Å². The first-order valence-electron chi connectivity index (χ1n) is 10.5. The maximum Gasteiger partial charge on any atom is 0.417 e. The molecule has 0 aromatic heterocycles. The Bertz CT molecular complexity index is 990. The van der Waals surface area contributed by atoms with Crippen molar-refractivity contribution in [1.82, 2.24) is 9.80 Å². The van der Waals surface area contributed by atoms with Gasteiger partial charge in [0.2, 0.25) is 11.8 Å². The Morgan fingerprint density at radius 2 is 1.61 bits per heavy atom. The van der Waals surface area contributed by atoms with Crippen molar-refractivity contribution in [2.75, 3.05) is 43.4 Å². The molecular formula is C23H26ClF3N4O2. The van der Waals surface area contributed by atoms with E-state index in [9.17, 15) is 22.8 Å². The predicted molar refractivity (Wildman–Crippen MR) is 122 cm³/mol. The average Bonchev–Trinajstić information content (AvgIpc) is 2.76. The van der Waals surface area contributed by atoms with Crippen LogP contribution >= 0.6 is 11.6 Å². The van der Waals surface area contributed by atoms with Gasteiger partial charge < -0.3 is 10.6 Å². The molecule has 33 heavy (non-hydrogen) atoms. The van der Waals surface area contributed by atoms with Gasteiger partial charge in [0.15, 0.2) is 0 Å². The van der Waals surface area contributed by atoms with Crippen molar-refractivity contribution >= 4 is 34.8 Å². The van der Waals surface area contributed by atoms with E-state index < -0.39 is 22.7 Å². The monoisotopic (exact) mass is 482 g/mol. The van der Waals surface area contributed by atoms with E-state index in [-0.39, 0.29) is 24.2 Å². The molecule has 2 aromatic carbocycles. The first-order valence-corrected chi connectivity index (χ1v) is 10.9. The van der Waals surface area contributed by atoms with Gasteiger partial charge in [0.1, 0.15) is 0 Å². The minimum atomic E-state index is -4.60. The average molecular weight is 483 g/mol. The Morgan fingerprint density at radius 3 is 2.21 bits per heavy atom. The summed E-state index contributed by atoms with van der Waals surface area (Å²) in [4.78, 5) is 28.8. The number of benzene rings is 2. The summed E-state index contributed by atoms with van der Waals surface area (Å²) in [5.74, 6) is -0.516. The molecular weight excluding hydrogens is 457 g/mol. The summed E-state index contributed by atoms with van der Waals surface area (Å²) >= 11 is 5.61. The topological polar surface area (TPSA) is 64.7 Å². The minimum absolute atomic E-state index is 0.0387. The van der Waals surface area contributed by atoms with Gasteiger partial charge in [-0.2, -0.15) is 13.2 Å². The fraction of sp³-hybridized carbons (Fsp3) is 0.391. The molecule has 0 radical (unpaired) electrons. The molecule has 0 bridgehead atoms. The molecule has 1 atom stereocenters. The van der Waals surface area contributed by atoms with Crippen molar-refractivity contribution in [3.8, 4) is 0 Å². The highest BCUT2D eigenvalue weighted by molar-refractivity contribution is 6.31. The number of rotatable bonds is 6. The lowest BCUT2D eigenvalue weighted by Crippen LogP contribution is -2.53. The predicted octanol–water partition coefficient (Wildman–Crippen LogP) is 4.25. The van der Waals surface area contributed by atoms with Crippen molar-refractivity contribution in [3.05, 3.63) is 58.6 Å². The highest BCUT2D eigenvalue weighted by atomic mass is 35.5. The maximum absolute atomic E-state index is 13.0. The molecule has 2 N–H and O–H groups in total. The molecule has 0 saturated carbocycles. The lowest BCUT2D eigenvalue weighted by Gasteiger charge is -2.37. The van der Waals surface area contributed by atoms with Crippen LogP contribution in [0.25, 0.3) is 0 Å². The summed E-state index contributed by atoms with van der Waals surface area (Å²) < 4.78 is 39.0. The molecule has 1 aliphatic rings. The molecule has 1 aliphatic heterocycles. The first-order chi connectivity index (χ1) is 15.5. The SMILES string of the molecule is Cc1ccc(NC(=O)C(C)N2CCN(CC(=O)Nc3ccc(Cl)c(C(F)(F)F)c3)CC2)cc1. The molecule has 2 aromatic rings. The van der Waals surface area contributed by atoms with E-state index in [0.29, 0.717) is 26.2 Å². The smallest absolute Gasteiger partial charge is 0.325 e. The Labute approximate surface area is 195 Å². The largest absolute Gasteiger partial charge is 0.417 e. The van der Waals surface area contributed by atoms with Crippen LogP contribution in [0.4, 0.5) is 24.5 Å². The van der Waals surface area contributed by atoms with Crippen LogP contribution in [0.5, 0.6) is 0 Å². The second-order valence-electron chi connectivity index (χ2n) is 8.08. The van der Waals surface area contributed by atoms with Gasteiger partial charge in [-0.25, -0.2) is 0 Å². The van der Waals surface area contributed by atoms with Crippen LogP contribution in [0.3, 0.4) is 0 Å². The lowest BCUT2D eigenvalue weighted by molar-refractivity contribution is -0.137. The number of piperazine rings is 1. The third-order valence-corrected chi connectivity index (χ3v) is 5.91. The van der Waals surface area contributed by atoms with Gasteiger partial charge in [0.25, 0.3) is 0 Å². The first kappa shape index (κ1) is 25.0. The molecule has 1 unspecified atom stereocenters. The molecule has 2 amide bonds. The Hall–Kier alpha value is -2.62. The quantitative estimate of drug-likeness (QED) is 0.646. The van der Waals surface area contributed by atoms with Crippen molar-refractivity contribution in [1.29, 1.82) is 0 Å². The van der Waals surface area contributed by atoms with E-state index in [1.54, 1.807) is 0 Å². The van der Waals surface area contributed by atoms with Gasteiger partial charge in [-0.15, -0.1) is 0 Å². The molecule has 0 aliphatic carbocycles. The molecule has 6 nitrogen and oxygen atoms in total. The number of nitrogens with zero attached hydrogens (tertiary/aromatic N) is 2. The van der Waals surface area contributed by atoms with E-state index in [4.69, 9.17) is 11.6 Å². The summed E-state index contributed by atoms with van der Waals surface area (Å²) in [6.07, 6.45) is -4.60. The zero-order chi connectivity index (χ0) is 24.2. The second kappa shape index (κ2) is 10.5. The van der Waals surface area contributed by atoms with Crippen molar-refractivity contribution in [3.63, 3.8) is 0 Å². The highest BCUT2D eigenvalue weighted by Crippen LogP contribution is 2.36. The second-order valence-corrected chi connectivity index (χ2v) is 8.49. The number of hydrogen-bond acceptors (Lipinski definition) is 4. The van der Waals surface area contributed by atoms with Crippen LogP contribution in [-0.4, -0.2) is 60.4 Å². The summed E-state index contributed by atoms with van der Waals surface area (Å²) in [7, 11) is 0. The Morgan fingerprint density at radius 1 is 1.00 bits per heavy atom. The third-order valence-electron chi connectivity index (χ3n) is 5.58. The molecule has 10 heteroatoms. The van der Waals surface area contributed by atoms with Crippen LogP contribution < -0.4 is 10.6 Å². The number of carbonyl (C=O) groups is 2. The van der Waals surface area contributed by atoms with E-state index in [0.717, 1.165) is 23.4 Å². The van der Waals surface area contributed by atoms with Crippen molar-refractivity contribution in [2.45, 2.75) is 26.1 Å². The van der Waals surface area contributed by atoms with Crippen LogP contribution in [0.2, 0.25) is 5.02 Å². The molecule has 1 fully saturated rings. The summed E-state index contributed by atoms with van der Waals surface area (Å²) in [5, 5.41) is 4.98. The standard InChI is InChI=1S/C23H26ClF3N4O2/c1-15-3-5-17(6-4-15)29-22(33)16(2)31-11-9-30(10-12-31)14-21(32)28-18-7-8-20(24)19(13-18)23(25,26)27/h3-8,13,16H,9-12,14H2,1-2H3,(H,28,32)(H,29,33). The van der Waals surface area contributed by atoms with Crippen LogP contribution in [-0.2, 0) is 15.8 Å². The summed E-state index contributed by atoms with van der Waals surface area (Å²) in [6.45, 7) is 6.16. The van der Waals surface area contributed by atoms with E-state index in [2.05, 4.69) is 10.6 Å². The zero-order valence-electron chi connectivity index (χ0n) is 18.4. The number of aryl methyl sites for hydroxylation is 1. The van der Waals surface area contributed by atoms with Crippen LogP contribution in [0.1, 0.15) is 18.1 Å². The summed E-state index contributed by atoms with van der Waals surface area (Å²) in [5.41, 5.74) is 0.895. The zero-order valence-corrected chi connectivity index (χ0v) is 19.1. The van der Waals surface area contributed by atoms with E-state index in [1.165, 1.54) is 6.07 Å². The Balaban J connectivity index is 1.47. The van der Waals surface area contributed by atoms with Gasteiger partial charge >= 0.3 is 6.18 Å². The molecule has 1 saturated heterocycles. The molecule has 178 valence electrons. The number of hydrogen-bond donors (Lipinski definition) is 2. The van der Waals surface area contributed by atoms with Crippen molar-refractivity contribution < 1.29 is 22.8 Å². The van der Waals surface area contributed by atoms with Gasteiger partial charge in [0, 0.05) is 37.6 Å². The molecule has 3 rings (SSSR count). The molecule has 1 heterocycles. The fourth-order valence-electron chi connectivity index (χ4n) is 3.58. The number of carbonyl (C=O) groups excluding carboxylic acids is 2. The Kier molecular flexibility index (Phi) is 7.99. The highest BCUT2D eigenvalue weighted by Gasteiger charge is 2.33. The number of alkyl halides is 3. The van der Waals surface area contributed by atoms with Crippen LogP contribution in [0.15, 0.2) is 42.5 Å². The lowest BCUT2D eigenvalue weighted by atomic mass is 10.2. The summed E-state index contributed by atoms with van der Waals surface area (Å²) in [6, 6.07) is 10.5. The van der Waals surface area contributed by atoms with Crippen LogP contribution in [0, 0.1) is 6.92 Å². The van der Waals surface area contributed by atoms with E-state index in [1.807, 2.05) is 47.9 Å². The number of halogens is 4. The van der Waals surface area contributed by atoms with Gasteiger partial charge in [-0.1, -0.05) is 29.3 Å².